The molecule has 3 heterocycles. The monoisotopic (exact) mass is 438 g/mol. The molecule has 4 rings (SSSR count). The summed E-state index contributed by atoms with van der Waals surface area (Å²) in [4.78, 5) is 42.4. The van der Waals surface area contributed by atoms with Crippen LogP contribution in [0.15, 0.2) is 41.6 Å². The Hall–Kier alpha value is -3.20. The van der Waals surface area contributed by atoms with Crippen LogP contribution >= 0.6 is 0 Å². The number of pyridine rings is 1. The first-order chi connectivity index (χ1) is 15.4. The van der Waals surface area contributed by atoms with E-state index in [1.807, 2.05) is 36.0 Å². The van der Waals surface area contributed by atoms with Gasteiger partial charge in [0.05, 0.1) is 18.8 Å². The molecule has 1 amide bonds. The van der Waals surface area contributed by atoms with Crippen LogP contribution < -0.4 is 15.2 Å². The van der Waals surface area contributed by atoms with Gasteiger partial charge in [0.2, 0.25) is 11.8 Å². The van der Waals surface area contributed by atoms with Crippen molar-refractivity contribution in [3.05, 3.63) is 47.2 Å². The quantitative estimate of drug-likeness (QED) is 0.591. The molecule has 170 valence electrons. The number of anilines is 1. The maximum atomic E-state index is 12.8. The van der Waals surface area contributed by atoms with E-state index in [4.69, 9.17) is 4.74 Å². The molecule has 0 aromatic carbocycles. The van der Waals surface area contributed by atoms with Crippen molar-refractivity contribution in [2.75, 3.05) is 52.3 Å². The maximum absolute atomic E-state index is 12.8. The van der Waals surface area contributed by atoms with Crippen molar-refractivity contribution < 1.29 is 9.53 Å². The Morgan fingerprint density at radius 3 is 2.75 bits per heavy atom. The molecule has 1 aliphatic heterocycles. The molecule has 0 radical (unpaired) electrons. The molecule has 1 aliphatic carbocycles. The summed E-state index contributed by atoms with van der Waals surface area (Å²) in [6.07, 6.45) is 8.98. The molecule has 2 aliphatic rings. The third-order valence-corrected chi connectivity index (χ3v) is 5.84. The summed E-state index contributed by atoms with van der Waals surface area (Å²) in [6.45, 7) is 2.78. The zero-order chi connectivity index (χ0) is 22.7. The van der Waals surface area contributed by atoms with Gasteiger partial charge in [0, 0.05) is 50.1 Å². The number of aromatic nitrogens is 3. The molecular weight excluding hydrogens is 408 g/mol. The molecule has 1 N–H and O–H groups in total. The molecule has 2 aromatic heterocycles. The molecule has 1 saturated heterocycles. The lowest BCUT2D eigenvalue weighted by Crippen LogP contribution is -2.62. The van der Waals surface area contributed by atoms with Crippen molar-refractivity contribution in [1.29, 1.82) is 0 Å². The van der Waals surface area contributed by atoms with Crippen LogP contribution in [0.1, 0.15) is 12.8 Å². The zero-order valence-corrected chi connectivity index (χ0v) is 18.8. The Labute approximate surface area is 187 Å². The van der Waals surface area contributed by atoms with Gasteiger partial charge in [-0.05, 0) is 38.9 Å². The first-order valence-electron chi connectivity index (χ1n) is 10.9. The number of carbonyl (C=O) groups is 1. The molecule has 2 aromatic rings. The van der Waals surface area contributed by atoms with E-state index >= 15 is 0 Å². The number of hydrogen-bond donors (Lipinski definition) is 1. The van der Waals surface area contributed by atoms with E-state index < -0.39 is 0 Å². The molecule has 1 saturated carbocycles. The summed E-state index contributed by atoms with van der Waals surface area (Å²) in [5.74, 6) is 1.08. The van der Waals surface area contributed by atoms with Crippen molar-refractivity contribution in [3.63, 3.8) is 0 Å². The van der Waals surface area contributed by atoms with Gasteiger partial charge >= 0.3 is 0 Å². The van der Waals surface area contributed by atoms with Crippen molar-refractivity contribution >= 4 is 11.6 Å². The highest BCUT2D eigenvalue weighted by atomic mass is 16.5. The average Bonchev–Trinajstić information content (AvgIpc) is 3.56. The fourth-order valence-electron chi connectivity index (χ4n) is 3.77. The minimum Gasteiger partial charge on any atom is -0.481 e. The van der Waals surface area contributed by atoms with Gasteiger partial charge in [-0.2, -0.15) is 0 Å². The number of amides is 1. The van der Waals surface area contributed by atoms with Crippen molar-refractivity contribution in [2.45, 2.75) is 18.9 Å². The van der Waals surface area contributed by atoms with Gasteiger partial charge in [-0.15, -0.1) is 0 Å². The van der Waals surface area contributed by atoms with Gasteiger partial charge in [0.25, 0.3) is 5.56 Å². The molecule has 32 heavy (non-hydrogen) atoms. The van der Waals surface area contributed by atoms with E-state index in [2.05, 4.69) is 19.9 Å². The van der Waals surface area contributed by atoms with Gasteiger partial charge in [-0.3, -0.25) is 9.59 Å². The third kappa shape index (κ3) is 5.16. The second-order valence-electron chi connectivity index (χ2n) is 8.71. The molecule has 9 nitrogen and oxygen atoms in total. The molecule has 0 atom stereocenters. The fourth-order valence-corrected chi connectivity index (χ4v) is 3.77. The number of rotatable bonds is 9. The highest BCUT2D eigenvalue weighted by Crippen LogP contribution is 2.34. The van der Waals surface area contributed by atoms with Gasteiger partial charge in [0.1, 0.15) is 12.0 Å². The van der Waals surface area contributed by atoms with E-state index in [-0.39, 0.29) is 17.5 Å². The fraction of sp³-hybridized carbons (Fsp3) is 0.478. The summed E-state index contributed by atoms with van der Waals surface area (Å²) in [5.41, 5.74) is 1.95. The minimum atomic E-state index is -0.133. The summed E-state index contributed by atoms with van der Waals surface area (Å²) in [7, 11) is 5.49. The predicted octanol–water partition coefficient (Wildman–Crippen LogP) is 1.39. The summed E-state index contributed by atoms with van der Waals surface area (Å²) < 4.78 is 5.20. The number of likely N-dealkylation sites (N-methyl/N-ethyl adjacent to an activating group) is 1. The number of nitrogens with one attached hydrogen (secondary N) is 1. The van der Waals surface area contributed by atoms with Crippen LogP contribution in [0.25, 0.3) is 11.3 Å². The number of H-pyrrole nitrogens is 1. The van der Waals surface area contributed by atoms with Gasteiger partial charge in [-0.25, -0.2) is 9.97 Å². The topological polar surface area (TPSA) is 94.7 Å². The Morgan fingerprint density at radius 1 is 1.28 bits per heavy atom. The Balaban J connectivity index is 1.52. The lowest BCUT2D eigenvalue weighted by molar-refractivity contribution is -0.130. The molecular formula is C23H30N6O3. The predicted molar refractivity (Wildman–Crippen MR) is 123 cm³/mol. The molecule has 0 spiro atoms. The standard InChI is InChI=1S/C23H30N6O3/c1-27(2)8-4-5-22(30)28-13-18(14-28)29(12-16-6-7-16)20-9-17(11-24-23(20)31)19-10-21(32-3)26-15-25-19/h4-5,9-11,15-16,18H,6-8,12-14H2,1-3H3,(H,24,31)/b5-4+. The van der Waals surface area contributed by atoms with E-state index in [9.17, 15) is 9.59 Å². The van der Waals surface area contributed by atoms with Crippen LogP contribution in [0.3, 0.4) is 0 Å². The average molecular weight is 439 g/mol. The number of aromatic amines is 1. The molecule has 2 fully saturated rings. The summed E-state index contributed by atoms with van der Waals surface area (Å²) in [5, 5.41) is 0. The number of carbonyl (C=O) groups excluding carboxylic acids is 1. The Kier molecular flexibility index (Phi) is 6.55. The first kappa shape index (κ1) is 22.0. The zero-order valence-electron chi connectivity index (χ0n) is 18.8. The van der Waals surface area contributed by atoms with Crippen molar-refractivity contribution in [2.24, 2.45) is 5.92 Å². The van der Waals surface area contributed by atoms with Crippen LogP contribution in [0.4, 0.5) is 5.69 Å². The summed E-state index contributed by atoms with van der Waals surface area (Å²) >= 11 is 0. The first-order valence-corrected chi connectivity index (χ1v) is 10.9. The van der Waals surface area contributed by atoms with Crippen LogP contribution in [-0.2, 0) is 4.79 Å². The SMILES string of the molecule is COc1cc(-c2c[nH]c(=O)c(N(CC3CC3)C3CN(C(=O)/C=C/CN(C)C)C3)c2)ncn1. The second kappa shape index (κ2) is 9.52. The highest BCUT2D eigenvalue weighted by molar-refractivity contribution is 5.88. The molecule has 0 unspecified atom stereocenters. The normalized spacial score (nSPS) is 16.4. The maximum Gasteiger partial charge on any atom is 0.271 e. The van der Waals surface area contributed by atoms with Gasteiger partial charge in [0.15, 0.2) is 0 Å². The van der Waals surface area contributed by atoms with Gasteiger partial charge in [-0.1, -0.05) is 6.08 Å². The van der Waals surface area contributed by atoms with E-state index in [0.29, 0.717) is 36.3 Å². The van der Waals surface area contributed by atoms with Crippen molar-refractivity contribution in [1.82, 2.24) is 24.8 Å². The van der Waals surface area contributed by atoms with Crippen LogP contribution in [0, 0.1) is 5.92 Å². The number of likely N-dealkylation sites (tertiary alicyclic amines) is 1. The highest BCUT2D eigenvalue weighted by Gasteiger charge is 2.37. The van der Waals surface area contributed by atoms with Gasteiger partial charge < -0.3 is 24.4 Å². The van der Waals surface area contributed by atoms with Crippen LogP contribution in [0.5, 0.6) is 5.88 Å². The third-order valence-electron chi connectivity index (χ3n) is 5.84. The lowest BCUT2D eigenvalue weighted by Gasteiger charge is -2.46. The Bertz CT molecular complexity index is 1040. The number of hydrogen-bond acceptors (Lipinski definition) is 7. The Morgan fingerprint density at radius 2 is 2.06 bits per heavy atom. The number of nitrogens with zero attached hydrogens (tertiary/aromatic N) is 5. The lowest BCUT2D eigenvalue weighted by atomic mass is 10.0. The largest absolute Gasteiger partial charge is 0.481 e. The van der Waals surface area contributed by atoms with Crippen LogP contribution in [0.2, 0.25) is 0 Å². The number of methoxy groups -OCH3 is 1. The molecule has 9 heteroatoms. The van der Waals surface area contributed by atoms with E-state index in [1.54, 1.807) is 25.4 Å². The van der Waals surface area contributed by atoms with E-state index in [0.717, 1.165) is 18.7 Å². The second-order valence-corrected chi connectivity index (χ2v) is 8.71. The van der Waals surface area contributed by atoms with Crippen LogP contribution in [-0.4, -0.2) is 84.1 Å². The molecule has 0 bridgehead atoms. The minimum absolute atomic E-state index is 0.0187. The van der Waals surface area contributed by atoms with E-state index in [1.165, 1.54) is 19.2 Å². The number of ether oxygens (including phenoxy) is 1. The summed E-state index contributed by atoms with van der Waals surface area (Å²) in [6, 6.07) is 3.75. The smallest absolute Gasteiger partial charge is 0.271 e. The van der Waals surface area contributed by atoms with Crippen molar-refractivity contribution in [3.8, 4) is 17.1 Å².